The number of phenols is 1. The van der Waals surface area contributed by atoms with E-state index in [0.29, 0.717) is 28.2 Å². The second-order valence-electron chi connectivity index (χ2n) is 7.52. The Morgan fingerprint density at radius 2 is 1.84 bits per heavy atom. The predicted molar refractivity (Wildman–Crippen MR) is 118 cm³/mol. The molecule has 0 aromatic heterocycles. The van der Waals surface area contributed by atoms with E-state index in [2.05, 4.69) is 0 Å². The van der Waals surface area contributed by atoms with E-state index in [4.69, 9.17) is 18.9 Å². The van der Waals surface area contributed by atoms with Gasteiger partial charge >= 0.3 is 5.97 Å². The highest BCUT2D eigenvalue weighted by molar-refractivity contribution is 6.08. The molecular formula is C26H22O6. The molecule has 6 heteroatoms. The molecule has 0 amide bonds. The third kappa shape index (κ3) is 3.15. The molecule has 6 nitrogen and oxygen atoms in total. The van der Waals surface area contributed by atoms with Crippen molar-refractivity contribution in [3.05, 3.63) is 88.5 Å². The number of phenolic OH excluding ortho intramolecular Hbond substituents is 1. The summed E-state index contributed by atoms with van der Waals surface area (Å²) < 4.78 is 21.8. The number of aromatic hydroxyl groups is 1. The minimum atomic E-state index is -0.420. The lowest BCUT2D eigenvalue weighted by Crippen LogP contribution is -2.14. The van der Waals surface area contributed by atoms with Gasteiger partial charge < -0.3 is 24.1 Å². The lowest BCUT2D eigenvalue weighted by atomic mass is 9.88. The van der Waals surface area contributed by atoms with E-state index in [-0.39, 0.29) is 19.1 Å². The van der Waals surface area contributed by atoms with Crippen LogP contribution in [-0.4, -0.2) is 31.6 Å². The monoisotopic (exact) mass is 430 g/mol. The minimum absolute atomic E-state index is 0.105. The predicted octanol–water partition coefficient (Wildman–Crippen LogP) is 4.64. The van der Waals surface area contributed by atoms with Gasteiger partial charge in [-0.3, -0.25) is 0 Å². The number of benzene rings is 3. The van der Waals surface area contributed by atoms with Crippen LogP contribution in [0.1, 0.15) is 35.1 Å². The summed E-state index contributed by atoms with van der Waals surface area (Å²) in [5.41, 5.74) is 4.22. The van der Waals surface area contributed by atoms with E-state index in [9.17, 15) is 9.90 Å². The Bertz CT molecular complexity index is 1230. The zero-order valence-electron chi connectivity index (χ0n) is 17.8. The van der Waals surface area contributed by atoms with Gasteiger partial charge in [-0.05, 0) is 53.9 Å². The molecule has 32 heavy (non-hydrogen) atoms. The zero-order chi connectivity index (χ0) is 22.2. The van der Waals surface area contributed by atoms with Crippen LogP contribution in [0.15, 0.2) is 66.2 Å². The number of esters is 1. The first-order chi connectivity index (χ1) is 15.6. The number of carbonyl (C=O) groups excluding carboxylic acids is 1. The van der Waals surface area contributed by atoms with E-state index in [1.165, 1.54) is 0 Å². The van der Waals surface area contributed by atoms with Crippen LogP contribution >= 0.6 is 0 Å². The summed E-state index contributed by atoms with van der Waals surface area (Å²) in [4.78, 5) is 13.3. The van der Waals surface area contributed by atoms with Gasteiger partial charge in [-0.2, -0.15) is 0 Å². The molecule has 1 aliphatic carbocycles. The number of carbonyl (C=O) groups is 1. The van der Waals surface area contributed by atoms with Crippen molar-refractivity contribution >= 4 is 11.5 Å². The average Bonchev–Trinajstić information content (AvgIpc) is 3.42. The highest BCUT2D eigenvalue weighted by Crippen LogP contribution is 2.52. The fraction of sp³-hybridized carbons (Fsp3) is 0.192. The second-order valence-corrected chi connectivity index (χ2v) is 7.52. The molecule has 3 aromatic rings. The standard InChI is InChI=1S/C26H22O6/c1-3-30-26(28)25-22(15-7-10-17(29-2)11-8-15)18-5-4-6-19(27)24(18)23(25)16-9-12-20-21(13-16)32-14-31-20/h4-13,22,27H,3,14H2,1-2H3. The van der Waals surface area contributed by atoms with Crippen LogP contribution in [0.4, 0.5) is 0 Å². The molecule has 1 atom stereocenters. The van der Waals surface area contributed by atoms with Gasteiger partial charge in [0.15, 0.2) is 11.5 Å². The number of ether oxygens (including phenoxy) is 4. The molecule has 3 aromatic carbocycles. The number of hydrogen-bond donors (Lipinski definition) is 1. The molecule has 1 unspecified atom stereocenters. The summed E-state index contributed by atoms with van der Waals surface area (Å²) in [6.45, 7) is 2.17. The normalized spacial score (nSPS) is 16.1. The average molecular weight is 430 g/mol. The van der Waals surface area contributed by atoms with Crippen molar-refractivity contribution in [3.8, 4) is 23.0 Å². The van der Waals surface area contributed by atoms with E-state index in [0.717, 1.165) is 22.4 Å². The lowest BCUT2D eigenvalue weighted by molar-refractivity contribution is -0.138. The number of hydrogen-bond acceptors (Lipinski definition) is 6. The molecule has 0 saturated carbocycles. The molecule has 0 fully saturated rings. The van der Waals surface area contributed by atoms with Crippen LogP contribution in [0.25, 0.3) is 5.57 Å². The van der Waals surface area contributed by atoms with Gasteiger partial charge in [0.05, 0.1) is 19.3 Å². The maximum absolute atomic E-state index is 13.3. The van der Waals surface area contributed by atoms with Crippen LogP contribution < -0.4 is 14.2 Å². The lowest BCUT2D eigenvalue weighted by Gasteiger charge is -2.17. The molecule has 0 bridgehead atoms. The maximum Gasteiger partial charge on any atom is 0.335 e. The Labute approximate surface area is 185 Å². The fourth-order valence-electron chi connectivity index (χ4n) is 4.43. The number of fused-ring (bicyclic) bond motifs is 2. The number of methoxy groups -OCH3 is 1. The molecular weight excluding hydrogens is 408 g/mol. The van der Waals surface area contributed by atoms with Crippen LogP contribution in [0.3, 0.4) is 0 Å². The first-order valence-corrected chi connectivity index (χ1v) is 10.4. The van der Waals surface area contributed by atoms with Gasteiger partial charge in [0.1, 0.15) is 11.5 Å². The summed E-state index contributed by atoms with van der Waals surface area (Å²) in [5, 5.41) is 10.9. The van der Waals surface area contributed by atoms with Crippen LogP contribution in [-0.2, 0) is 9.53 Å². The Balaban J connectivity index is 1.77. The molecule has 2 aliphatic rings. The van der Waals surface area contributed by atoms with Crippen molar-refractivity contribution < 1.29 is 28.8 Å². The minimum Gasteiger partial charge on any atom is -0.507 e. The molecule has 0 saturated heterocycles. The Hall–Kier alpha value is -3.93. The van der Waals surface area contributed by atoms with Crippen molar-refractivity contribution in [2.24, 2.45) is 0 Å². The third-order valence-corrected chi connectivity index (χ3v) is 5.80. The van der Waals surface area contributed by atoms with Crippen molar-refractivity contribution in [1.29, 1.82) is 0 Å². The first kappa shape index (κ1) is 20.0. The Morgan fingerprint density at radius 3 is 2.59 bits per heavy atom. The summed E-state index contributed by atoms with van der Waals surface area (Å²) in [5.74, 6) is 1.25. The molecule has 0 spiro atoms. The molecule has 0 radical (unpaired) electrons. The Morgan fingerprint density at radius 1 is 1.06 bits per heavy atom. The number of rotatable bonds is 5. The van der Waals surface area contributed by atoms with Gasteiger partial charge in [-0.25, -0.2) is 4.79 Å². The zero-order valence-corrected chi connectivity index (χ0v) is 17.8. The summed E-state index contributed by atoms with van der Waals surface area (Å²) in [6, 6.07) is 18.5. The quantitative estimate of drug-likeness (QED) is 0.595. The van der Waals surface area contributed by atoms with E-state index in [1.54, 1.807) is 26.2 Å². The van der Waals surface area contributed by atoms with Crippen molar-refractivity contribution in [1.82, 2.24) is 0 Å². The van der Waals surface area contributed by atoms with E-state index < -0.39 is 11.9 Å². The topological polar surface area (TPSA) is 74.2 Å². The van der Waals surface area contributed by atoms with Gasteiger partial charge in [-0.1, -0.05) is 30.3 Å². The van der Waals surface area contributed by atoms with Crippen molar-refractivity contribution in [2.75, 3.05) is 20.5 Å². The molecule has 1 heterocycles. The van der Waals surface area contributed by atoms with Crippen LogP contribution in [0.2, 0.25) is 0 Å². The summed E-state index contributed by atoms with van der Waals surface area (Å²) in [6.07, 6.45) is 0. The smallest absolute Gasteiger partial charge is 0.335 e. The van der Waals surface area contributed by atoms with Crippen LogP contribution in [0, 0.1) is 0 Å². The second kappa shape index (κ2) is 7.96. The largest absolute Gasteiger partial charge is 0.507 e. The van der Waals surface area contributed by atoms with Crippen molar-refractivity contribution in [3.63, 3.8) is 0 Å². The molecule has 5 rings (SSSR count). The fourth-order valence-corrected chi connectivity index (χ4v) is 4.43. The highest BCUT2D eigenvalue weighted by Gasteiger charge is 2.39. The molecule has 162 valence electrons. The van der Waals surface area contributed by atoms with Crippen LogP contribution in [0.5, 0.6) is 23.0 Å². The maximum atomic E-state index is 13.3. The highest BCUT2D eigenvalue weighted by atomic mass is 16.7. The van der Waals surface area contributed by atoms with E-state index >= 15 is 0 Å². The van der Waals surface area contributed by atoms with Gasteiger partial charge in [0.2, 0.25) is 6.79 Å². The van der Waals surface area contributed by atoms with Gasteiger partial charge in [-0.15, -0.1) is 0 Å². The SMILES string of the molecule is CCOC(=O)C1=C(c2ccc3c(c2)OCO3)c2c(O)cccc2C1c1ccc(OC)cc1. The third-order valence-electron chi connectivity index (χ3n) is 5.80. The molecule has 1 aliphatic heterocycles. The summed E-state index contributed by atoms with van der Waals surface area (Å²) >= 11 is 0. The summed E-state index contributed by atoms with van der Waals surface area (Å²) in [7, 11) is 1.61. The first-order valence-electron chi connectivity index (χ1n) is 10.4. The van der Waals surface area contributed by atoms with E-state index in [1.807, 2.05) is 48.5 Å². The Kier molecular flexibility index (Phi) is 4.98. The van der Waals surface area contributed by atoms with Gasteiger partial charge in [0, 0.05) is 17.1 Å². The van der Waals surface area contributed by atoms with Gasteiger partial charge in [0.25, 0.3) is 0 Å². The van der Waals surface area contributed by atoms with Crippen molar-refractivity contribution in [2.45, 2.75) is 12.8 Å². The molecule has 1 N–H and O–H groups in total.